The molecule has 4 rings (SSSR count). The Morgan fingerprint density at radius 3 is 2.61 bits per heavy atom. The summed E-state index contributed by atoms with van der Waals surface area (Å²) < 4.78 is 31.0. The number of aliphatic hydroxyl groups excluding tert-OH is 4. The van der Waals surface area contributed by atoms with Crippen LogP contribution in [0.3, 0.4) is 0 Å². The second-order valence-electron chi connectivity index (χ2n) is 7.84. The second kappa shape index (κ2) is 8.29. The van der Waals surface area contributed by atoms with Gasteiger partial charge in [0.05, 0.1) is 19.8 Å². The predicted octanol–water partition coefficient (Wildman–Crippen LogP) is 1.50. The lowest BCUT2D eigenvalue weighted by molar-refractivity contribution is -0.329. The van der Waals surface area contributed by atoms with Crippen molar-refractivity contribution in [1.82, 2.24) is 0 Å². The maximum absolute atomic E-state index is 14.2. The summed E-state index contributed by atoms with van der Waals surface area (Å²) in [6, 6.07) is 9.43. The van der Waals surface area contributed by atoms with Crippen molar-refractivity contribution in [1.29, 1.82) is 0 Å². The Kier molecular flexibility index (Phi) is 5.99. The van der Waals surface area contributed by atoms with Gasteiger partial charge in [0, 0.05) is 10.6 Å². The van der Waals surface area contributed by atoms with Gasteiger partial charge >= 0.3 is 0 Å². The highest BCUT2D eigenvalue weighted by atomic mass is 35.5. The number of hydrogen-bond donors (Lipinski definition) is 4. The summed E-state index contributed by atoms with van der Waals surface area (Å²) in [6.07, 6.45) is -4.45. The minimum atomic E-state index is -1.79. The molecule has 0 radical (unpaired) electrons. The van der Waals surface area contributed by atoms with Gasteiger partial charge < -0.3 is 34.6 Å². The zero-order chi connectivity index (χ0) is 22.4. The lowest BCUT2D eigenvalue weighted by atomic mass is 9.83. The molecular formula is C22H24ClFO7. The highest BCUT2D eigenvalue weighted by molar-refractivity contribution is 6.31. The zero-order valence-electron chi connectivity index (χ0n) is 16.8. The van der Waals surface area contributed by atoms with E-state index in [9.17, 15) is 24.8 Å². The molecule has 7 nitrogen and oxygen atoms in total. The lowest BCUT2D eigenvalue weighted by Crippen LogP contribution is -2.65. The number of hydrogen-bond acceptors (Lipinski definition) is 7. The van der Waals surface area contributed by atoms with Crippen LogP contribution in [0.1, 0.15) is 23.6 Å². The SMILES string of the molecule is CCOc1ccc(Cc2cc([C@]34OC[C@](CO)(O3)[C@@H](O)[C@H](O)[C@H]4O)ccc2Cl)cc1F. The molecule has 168 valence electrons. The molecule has 9 heteroatoms. The van der Waals surface area contributed by atoms with Crippen molar-refractivity contribution in [3.05, 3.63) is 63.9 Å². The van der Waals surface area contributed by atoms with E-state index in [1.807, 2.05) is 0 Å². The van der Waals surface area contributed by atoms with Crippen molar-refractivity contribution < 1.29 is 39.0 Å². The van der Waals surface area contributed by atoms with Crippen LogP contribution in [0.5, 0.6) is 5.75 Å². The number of benzene rings is 2. The fourth-order valence-corrected chi connectivity index (χ4v) is 4.33. The van der Waals surface area contributed by atoms with Crippen LogP contribution in [0.25, 0.3) is 0 Å². The Hall–Kier alpha value is -1.78. The van der Waals surface area contributed by atoms with Crippen molar-refractivity contribution in [3.8, 4) is 5.75 Å². The fraction of sp³-hybridized carbons (Fsp3) is 0.455. The van der Waals surface area contributed by atoms with Crippen LogP contribution in [0.2, 0.25) is 5.02 Å². The van der Waals surface area contributed by atoms with Crippen molar-refractivity contribution >= 4 is 11.6 Å². The molecule has 2 bridgehead atoms. The first kappa shape index (κ1) is 22.4. The smallest absolute Gasteiger partial charge is 0.225 e. The quantitative estimate of drug-likeness (QED) is 0.523. The molecule has 0 spiro atoms. The molecule has 31 heavy (non-hydrogen) atoms. The Bertz CT molecular complexity index is 973. The molecule has 2 aliphatic rings. The summed E-state index contributed by atoms with van der Waals surface area (Å²) in [7, 11) is 0. The maximum Gasteiger partial charge on any atom is 0.225 e. The van der Waals surface area contributed by atoms with Gasteiger partial charge in [-0.25, -0.2) is 4.39 Å². The Balaban J connectivity index is 1.68. The average Bonchev–Trinajstić information content (AvgIpc) is 3.15. The summed E-state index contributed by atoms with van der Waals surface area (Å²) in [5.74, 6) is -2.11. The number of halogens is 2. The van der Waals surface area contributed by atoms with Gasteiger partial charge in [-0.3, -0.25) is 0 Å². The highest BCUT2D eigenvalue weighted by Crippen LogP contribution is 2.49. The molecule has 0 amide bonds. The van der Waals surface area contributed by atoms with Crippen LogP contribution in [0.15, 0.2) is 36.4 Å². The number of ether oxygens (including phenoxy) is 3. The lowest BCUT2D eigenvalue weighted by Gasteiger charge is -2.46. The molecule has 4 N–H and O–H groups in total. The van der Waals surface area contributed by atoms with E-state index in [4.69, 9.17) is 25.8 Å². The number of aliphatic hydroxyl groups is 4. The molecule has 0 saturated carbocycles. The summed E-state index contributed by atoms with van der Waals surface area (Å²) in [6.45, 7) is 1.29. The van der Waals surface area contributed by atoms with E-state index in [0.717, 1.165) is 0 Å². The van der Waals surface area contributed by atoms with Gasteiger partial charge in [0.15, 0.2) is 11.6 Å². The van der Waals surface area contributed by atoms with E-state index in [2.05, 4.69) is 0 Å². The van der Waals surface area contributed by atoms with Gasteiger partial charge in [0.2, 0.25) is 5.79 Å². The molecule has 2 saturated heterocycles. The Labute approximate surface area is 183 Å². The van der Waals surface area contributed by atoms with Crippen molar-refractivity contribution in [3.63, 3.8) is 0 Å². The molecule has 2 aliphatic heterocycles. The molecular weight excluding hydrogens is 431 g/mol. The van der Waals surface area contributed by atoms with Gasteiger partial charge in [0.25, 0.3) is 0 Å². The third-order valence-electron chi connectivity index (χ3n) is 5.87. The van der Waals surface area contributed by atoms with Crippen LogP contribution in [-0.4, -0.2) is 64.2 Å². The van der Waals surface area contributed by atoms with Gasteiger partial charge in [-0.15, -0.1) is 0 Å². The second-order valence-corrected chi connectivity index (χ2v) is 8.25. The van der Waals surface area contributed by atoms with E-state index >= 15 is 0 Å². The predicted molar refractivity (Wildman–Crippen MR) is 108 cm³/mol. The van der Waals surface area contributed by atoms with Gasteiger partial charge in [-0.05, 0) is 48.7 Å². The van der Waals surface area contributed by atoms with Gasteiger partial charge in [0.1, 0.15) is 23.9 Å². The molecule has 5 atom stereocenters. The largest absolute Gasteiger partial charge is 0.491 e. The summed E-state index contributed by atoms with van der Waals surface area (Å²) >= 11 is 6.36. The topological polar surface area (TPSA) is 109 Å². The van der Waals surface area contributed by atoms with Crippen molar-refractivity contribution in [2.45, 2.75) is 43.0 Å². The first-order valence-corrected chi connectivity index (χ1v) is 10.3. The average molecular weight is 455 g/mol. The summed E-state index contributed by atoms with van der Waals surface area (Å²) in [5.41, 5.74) is 0.0530. The van der Waals surface area contributed by atoms with Crippen molar-refractivity contribution in [2.24, 2.45) is 0 Å². The standard InChI is InChI=1S/C22H24ClFO7/c1-2-29-17-6-3-12(8-16(17)24)7-13-9-14(4-5-15(13)23)22-20(28)18(26)19(27)21(10-25,31-22)11-30-22/h3-6,8-9,18-20,25-28H,2,7,10-11H2,1H3/t18-,19-,20+,21-,22-/m0/s1. The first-order chi connectivity index (χ1) is 14.8. The van der Waals surface area contributed by atoms with E-state index in [1.165, 1.54) is 6.07 Å². The fourth-order valence-electron chi connectivity index (χ4n) is 4.15. The summed E-state index contributed by atoms with van der Waals surface area (Å²) in [4.78, 5) is 0. The minimum Gasteiger partial charge on any atom is -0.491 e. The molecule has 2 aromatic carbocycles. The third-order valence-corrected chi connectivity index (χ3v) is 6.24. The highest BCUT2D eigenvalue weighted by Gasteiger charge is 2.67. The molecule has 2 aromatic rings. The summed E-state index contributed by atoms with van der Waals surface area (Å²) in [5, 5.41) is 41.5. The molecule has 0 aromatic heterocycles. The minimum absolute atomic E-state index is 0.163. The normalized spacial score (nSPS) is 32.3. The van der Waals surface area contributed by atoms with E-state index in [0.29, 0.717) is 28.3 Å². The van der Waals surface area contributed by atoms with Crippen LogP contribution >= 0.6 is 11.6 Å². The van der Waals surface area contributed by atoms with Gasteiger partial charge in [-0.2, -0.15) is 0 Å². The van der Waals surface area contributed by atoms with Crippen LogP contribution in [-0.2, 0) is 21.7 Å². The van der Waals surface area contributed by atoms with Gasteiger partial charge in [-0.1, -0.05) is 23.7 Å². The molecule has 2 heterocycles. The van der Waals surface area contributed by atoms with Crippen molar-refractivity contribution in [2.75, 3.05) is 19.8 Å². The van der Waals surface area contributed by atoms with Crippen LogP contribution in [0.4, 0.5) is 4.39 Å². The van der Waals surface area contributed by atoms with E-state index in [1.54, 1.807) is 37.3 Å². The Morgan fingerprint density at radius 1 is 1.16 bits per heavy atom. The third kappa shape index (κ3) is 3.62. The maximum atomic E-state index is 14.2. The van der Waals surface area contributed by atoms with E-state index < -0.39 is 42.1 Å². The number of rotatable bonds is 6. The Morgan fingerprint density at radius 2 is 1.94 bits per heavy atom. The first-order valence-electron chi connectivity index (χ1n) is 9.95. The molecule has 0 unspecified atom stereocenters. The molecule has 0 aliphatic carbocycles. The van der Waals surface area contributed by atoms with Crippen LogP contribution in [0, 0.1) is 5.82 Å². The monoisotopic (exact) mass is 454 g/mol. The van der Waals surface area contributed by atoms with Crippen LogP contribution < -0.4 is 4.74 Å². The zero-order valence-corrected chi connectivity index (χ0v) is 17.6. The number of fused-ring (bicyclic) bond motifs is 2. The van der Waals surface area contributed by atoms with E-state index in [-0.39, 0.29) is 18.8 Å². The molecule has 2 fully saturated rings.